The van der Waals surface area contributed by atoms with E-state index in [1.54, 1.807) is 0 Å². The zero-order chi connectivity index (χ0) is 15.6. The Morgan fingerprint density at radius 1 is 1.52 bits per heavy atom. The van der Waals surface area contributed by atoms with Crippen molar-refractivity contribution in [2.75, 3.05) is 5.32 Å². The third-order valence-corrected chi connectivity index (χ3v) is 3.95. The Kier molecular flexibility index (Phi) is 5.40. The minimum atomic E-state index is -3.01. The van der Waals surface area contributed by atoms with Crippen molar-refractivity contribution in [3.63, 3.8) is 0 Å². The number of alkyl halides is 2. The van der Waals surface area contributed by atoms with Crippen LogP contribution < -0.4 is 15.8 Å². The molecule has 0 aromatic heterocycles. The van der Waals surface area contributed by atoms with Crippen molar-refractivity contribution in [2.45, 2.75) is 31.9 Å². The summed E-state index contributed by atoms with van der Waals surface area (Å²) < 4.78 is 29.5. The summed E-state index contributed by atoms with van der Waals surface area (Å²) in [5, 5.41) is 2.80. The van der Waals surface area contributed by atoms with Gasteiger partial charge in [-0.1, -0.05) is 11.6 Å². The van der Waals surface area contributed by atoms with Gasteiger partial charge in [0.2, 0.25) is 5.91 Å². The van der Waals surface area contributed by atoms with Crippen LogP contribution in [0.15, 0.2) is 16.6 Å². The Hall–Kier alpha value is -0.920. The summed E-state index contributed by atoms with van der Waals surface area (Å²) in [5.41, 5.74) is 5.95. The Morgan fingerprint density at radius 2 is 2.19 bits per heavy atom. The number of anilines is 1. The molecule has 0 heterocycles. The second kappa shape index (κ2) is 6.89. The van der Waals surface area contributed by atoms with Crippen LogP contribution in [0, 0.1) is 5.92 Å². The lowest BCUT2D eigenvalue weighted by Crippen LogP contribution is -2.29. The van der Waals surface area contributed by atoms with Gasteiger partial charge in [-0.3, -0.25) is 4.79 Å². The van der Waals surface area contributed by atoms with Gasteiger partial charge in [0.05, 0.1) is 10.2 Å². The zero-order valence-corrected chi connectivity index (χ0v) is 13.3. The van der Waals surface area contributed by atoms with Crippen LogP contribution in [0.3, 0.4) is 0 Å². The van der Waals surface area contributed by atoms with E-state index in [0.29, 0.717) is 5.92 Å². The molecule has 1 aromatic carbocycles. The fourth-order valence-corrected chi connectivity index (χ4v) is 2.87. The molecular weight excluding hydrogens is 370 g/mol. The molecule has 1 aromatic rings. The van der Waals surface area contributed by atoms with Crippen LogP contribution in [0.2, 0.25) is 5.02 Å². The Morgan fingerprint density at radius 3 is 2.76 bits per heavy atom. The number of ether oxygens (including phenoxy) is 1. The largest absolute Gasteiger partial charge is 0.431 e. The first-order valence-corrected chi connectivity index (χ1v) is 7.53. The van der Waals surface area contributed by atoms with Crippen molar-refractivity contribution in [3.8, 4) is 5.75 Å². The molecule has 3 N–H and O–H groups in total. The minimum Gasteiger partial charge on any atom is -0.431 e. The van der Waals surface area contributed by atoms with Crippen molar-refractivity contribution in [3.05, 3.63) is 21.6 Å². The van der Waals surface area contributed by atoms with E-state index in [0.717, 1.165) is 12.8 Å². The van der Waals surface area contributed by atoms with E-state index in [4.69, 9.17) is 17.3 Å². The van der Waals surface area contributed by atoms with E-state index in [-0.39, 0.29) is 39.3 Å². The summed E-state index contributed by atoms with van der Waals surface area (Å²) in [6, 6.07) is 2.54. The molecule has 0 saturated heterocycles. The predicted molar refractivity (Wildman–Crippen MR) is 79.7 cm³/mol. The van der Waals surface area contributed by atoms with Gasteiger partial charge >= 0.3 is 6.61 Å². The van der Waals surface area contributed by atoms with Crippen LogP contribution in [0.1, 0.15) is 19.3 Å². The van der Waals surface area contributed by atoms with Gasteiger partial charge in [-0.05, 0) is 46.8 Å². The van der Waals surface area contributed by atoms with Gasteiger partial charge in [0.1, 0.15) is 0 Å². The van der Waals surface area contributed by atoms with Crippen LogP contribution in [-0.2, 0) is 4.79 Å². The molecule has 2 rings (SSSR count). The first-order chi connectivity index (χ1) is 9.86. The quantitative estimate of drug-likeness (QED) is 0.786. The van der Waals surface area contributed by atoms with Gasteiger partial charge in [-0.25, -0.2) is 0 Å². The summed E-state index contributed by atoms with van der Waals surface area (Å²) in [5.74, 6) is -0.149. The number of rotatable bonds is 6. The number of amides is 1. The molecule has 0 radical (unpaired) electrons. The Labute approximate surface area is 134 Å². The second-order valence-corrected chi connectivity index (χ2v) is 6.19. The molecule has 0 spiro atoms. The van der Waals surface area contributed by atoms with Crippen LogP contribution >= 0.6 is 27.5 Å². The monoisotopic (exact) mass is 382 g/mol. The van der Waals surface area contributed by atoms with Crippen LogP contribution in [0.25, 0.3) is 0 Å². The van der Waals surface area contributed by atoms with Gasteiger partial charge in [0.15, 0.2) is 5.75 Å². The molecule has 8 heteroatoms. The van der Waals surface area contributed by atoms with Gasteiger partial charge in [-0.2, -0.15) is 8.78 Å². The van der Waals surface area contributed by atoms with Gasteiger partial charge in [0, 0.05) is 17.5 Å². The van der Waals surface area contributed by atoms with E-state index < -0.39 is 6.61 Å². The van der Waals surface area contributed by atoms with Crippen molar-refractivity contribution in [2.24, 2.45) is 11.7 Å². The molecule has 1 fully saturated rings. The van der Waals surface area contributed by atoms with Crippen LogP contribution in [0.4, 0.5) is 14.5 Å². The first kappa shape index (κ1) is 16.5. The second-order valence-electron chi connectivity index (χ2n) is 4.90. The SMILES string of the molecule is NC(CC(=O)Nc1cc(Cl)cc(Br)c1OC(F)F)C1CC1. The highest BCUT2D eigenvalue weighted by molar-refractivity contribution is 9.10. The number of nitrogens with one attached hydrogen (secondary N) is 1. The number of carbonyl (C=O) groups is 1. The van der Waals surface area contributed by atoms with Crippen molar-refractivity contribution in [1.82, 2.24) is 0 Å². The van der Waals surface area contributed by atoms with Crippen molar-refractivity contribution >= 4 is 39.1 Å². The lowest BCUT2D eigenvalue weighted by molar-refractivity contribution is -0.116. The molecule has 4 nitrogen and oxygen atoms in total. The summed E-state index contributed by atoms with van der Waals surface area (Å²) >= 11 is 8.94. The van der Waals surface area contributed by atoms with Gasteiger partial charge in [-0.15, -0.1) is 0 Å². The third kappa shape index (κ3) is 4.79. The molecule has 1 atom stereocenters. The van der Waals surface area contributed by atoms with Crippen molar-refractivity contribution in [1.29, 1.82) is 0 Å². The lowest BCUT2D eigenvalue weighted by atomic mass is 10.1. The topological polar surface area (TPSA) is 64.4 Å². The Bertz CT molecular complexity index is 541. The highest BCUT2D eigenvalue weighted by Crippen LogP contribution is 2.38. The molecule has 1 unspecified atom stereocenters. The number of hydrogen-bond donors (Lipinski definition) is 2. The average Bonchev–Trinajstić information content (AvgIpc) is 3.17. The van der Waals surface area contributed by atoms with Crippen molar-refractivity contribution < 1.29 is 18.3 Å². The summed E-state index contributed by atoms with van der Waals surface area (Å²) in [6.07, 6.45) is 2.18. The number of halogens is 4. The maximum Gasteiger partial charge on any atom is 0.387 e. The maximum atomic E-state index is 12.4. The van der Waals surface area contributed by atoms with E-state index in [2.05, 4.69) is 26.0 Å². The fraction of sp³-hybridized carbons (Fsp3) is 0.462. The third-order valence-electron chi connectivity index (χ3n) is 3.14. The van der Waals surface area contributed by atoms with E-state index in [1.165, 1.54) is 12.1 Å². The van der Waals surface area contributed by atoms with Gasteiger partial charge in [0.25, 0.3) is 0 Å². The average molecular weight is 384 g/mol. The summed E-state index contributed by atoms with van der Waals surface area (Å²) in [7, 11) is 0. The molecule has 1 saturated carbocycles. The first-order valence-electron chi connectivity index (χ1n) is 6.36. The van der Waals surface area contributed by atoms with E-state index in [1.807, 2.05) is 0 Å². The normalized spacial score (nSPS) is 15.9. The van der Waals surface area contributed by atoms with Crippen LogP contribution in [0.5, 0.6) is 5.75 Å². The summed E-state index contributed by atoms with van der Waals surface area (Å²) in [6.45, 7) is -3.01. The van der Waals surface area contributed by atoms with Crippen LogP contribution in [-0.4, -0.2) is 18.6 Å². The molecule has 0 bridgehead atoms. The van der Waals surface area contributed by atoms with Gasteiger partial charge < -0.3 is 15.8 Å². The predicted octanol–water partition coefficient (Wildman–Crippen LogP) is 3.77. The number of carbonyl (C=O) groups excluding carboxylic acids is 1. The molecule has 0 aliphatic heterocycles. The molecule has 116 valence electrons. The minimum absolute atomic E-state index is 0.0858. The molecular formula is C13H14BrClF2N2O2. The van der Waals surface area contributed by atoms with E-state index in [9.17, 15) is 13.6 Å². The fourth-order valence-electron chi connectivity index (χ4n) is 1.97. The highest BCUT2D eigenvalue weighted by Gasteiger charge is 2.30. The Balaban J connectivity index is 2.11. The number of hydrogen-bond acceptors (Lipinski definition) is 3. The molecule has 21 heavy (non-hydrogen) atoms. The molecule has 1 amide bonds. The smallest absolute Gasteiger partial charge is 0.387 e. The molecule has 1 aliphatic rings. The molecule has 1 aliphatic carbocycles. The number of nitrogens with two attached hydrogens (primary N) is 1. The summed E-state index contributed by atoms with van der Waals surface area (Å²) in [4.78, 5) is 11.9. The zero-order valence-electron chi connectivity index (χ0n) is 10.9. The standard InChI is InChI=1S/C13H14BrClF2N2O2/c14-8-3-7(15)4-10(12(8)21-13(16)17)19-11(20)5-9(18)6-1-2-6/h3-4,6,9,13H,1-2,5,18H2,(H,19,20). The highest BCUT2D eigenvalue weighted by atomic mass is 79.9. The number of benzene rings is 1. The van der Waals surface area contributed by atoms with E-state index >= 15 is 0 Å². The maximum absolute atomic E-state index is 12.4. The lowest BCUT2D eigenvalue weighted by Gasteiger charge is -2.15.